The highest BCUT2D eigenvalue weighted by atomic mass is 32.2. The lowest BCUT2D eigenvalue weighted by atomic mass is 9.78. The number of Topliss-reactive ketones (excluding diaryl/α,β-unsaturated/α-hetero) is 1. The summed E-state index contributed by atoms with van der Waals surface area (Å²) in [6.07, 6.45) is 14.6. The third kappa shape index (κ3) is 20.0. The molecule has 2 aliphatic carbocycles. The third-order valence-electron chi connectivity index (χ3n) is 10.2. The molecule has 0 fully saturated rings. The van der Waals surface area contributed by atoms with Crippen LogP contribution < -0.4 is 10.6 Å². The van der Waals surface area contributed by atoms with Gasteiger partial charge >= 0.3 is 12.1 Å². The zero-order chi connectivity index (χ0) is 43.6. The maximum atomic E-state index is 13.1. The minimum atomic E-state index is -4.70. The van der Waals surface area contributed by atoms with Crippen LogP contribution in [0.3, 0.4) is 0 Å². The van der Waals surface area contributed by atoms with Crippen molar-refractivity contribution in [2.24, 2.45) is 5.41 Å². The second-order valence-electron chi connectivity index (χ2n) is 15.0. The van der Waals surface area contributed by atoms with Crippen LogP contribution in [0.5, 0.6) is 0 Å². The van der Waals surface area contributed by atoms with Gasteiger partial charge in [0.15, 0.2) is 5.78 Å². The van der Waals surface area contributed by atoms with Crippen LogP contribution in [-0.2, 0) is 62.5 Å². The Bertz CT molecular complexity index is 1580. The van der Waals surface area contributed by atoms with Gasteiger partial charge in [-0.2, -0.15) is 8.42 Å². The van der Waals surface area contributed by atoms with Gasteiger partial charge in [-0.15, -0.1) is 0 Å². The molecular formula is C41H63N3O15S. The molecule has 0 aromatic heterocycles. The predicted octanol–water partition coefficient (Wildman–Crippen LogP) is 3.14. The maximum Gasteiger partial charge on any atom is 0.407 e. The summed E-state index contributed by atoms with van der Waals surface area (Å²) < 4.78 is 66.4. The van der Waals surface area contributed by atoms with Crippen LogP contribution in [-0.4, -0.2) is 143 Å². The van der Waals surface area contributed by atoms with E-state index in [0.29, 0.717) is 32.1 Å². The van der Waals surface area contributed by atoms with E-state index in [1.54, 1.807) is 0 Å². The molecule has 0 spiro atoms. The number of esters is 1. The van der Waals surface area contributed by atoms with Crippen molar-refractivity contribution < 1.29 is 70.2 Å². The molecule has 0 aromatic rings. The lowest BCUT2D eigenvalue weighted by Gasteiger charge is -2.30. The Morgan fingerprint density at radius 2 is 1.43 bits per heavy atom. The molecule has 4 amide bonds. The van der Waals surface area contributed by atoms with Crippen molar-refractivity contribution in [3.05, 3.63) is 36.5 Å². The molecule has 60 heavy (non-hydrogen) atoms. The van der Waals surface area contributed by atoms with E-state index in [0.717, 1.165) is 30.6 Å². The number of nitrogens with zero attached hydrogens (tertiary/aromatic N) is 1. The molecule has 0 saturated heterocycles. The summed E-state index contributed by atoms with van der Waals surface area (Å²) in [4.78, 5) is 74.6. The summed E-state index contributed by atoms with van der Waals surface area (Å²) in [7, 11) is -4.70. The number of amides is 4. The Morgan fingerprint density at radius 3 is 2.13 bits per heavy atom. The molecule has 0 radical (unpaired) electrons. The lowest BCUT2D eigenvalue weighted by Crippen LogP contribution is -2.41. The molecule has 1 unspecified atom stereocenters. The van der Waals surface area contributed by atoms with Crippen molar-refractivity contribution >= 4 is 45.7 Å². The highest BCUT2D eigenvalue weighted by Gasteiger charge is 2.34. The van der Waals surface area contributed by atoms with Crippen molar-refractivity contribution in [1.82, 2.24) is 15.5 Å². The molecule has 3 aliphatic rings. The first-order valence-corrected chi connectivity index (χ1v) is 22.4. The molecule has 0 bridgehead atoms. The number of hydrogen-bond acceptors (Lipinski definition) is 14. The SMILES string of the molecule is C[C@]1(C(=O)NCCOCCOCCCC(=O)C(CCC(=O)O[C@H]2CC/C=C/CCC2)S(=O)(=O)O)CC/C=C/[C@@H](OC(=O)NCCOCCOCCN2C(=O)C=CC2=O)CC1. The molecule has 4 atom stereocenters. The van der Waals surface area contributed by atoms with Gasteiger partial charge in [0.1, 0.15) is 17.5 Å². The molecular weight excluding hydrogens is 807 g/mol. The smallest absolute Gasteiger partial charge is 0.407 e. The molecule has 18 nitrogen and oxygen atoms in total. The van der Waals surface area contributed by atoms with Crippen LogP contribution in [0.4, 0.5) is 4.79 Å². The molecule has 3 rings (SSSR count). The number of carbonyl (C=O) groups excluding carboxylic acids is 6. The minimum Gasteiger partial charge on any atom is -0.462 e. The first-order chi connectivity index (χ1) is 28.8. The van der Waals surface area contributed by atoms with Gasteiger partial charge in [-0.25, -0.2) is 4.79 Å². The van der Waals surface area contributed by atoms with Crippen LogP contribution in [0.1, 0.15) is 90.4 Å². The van der Waals surface area contributed by atoms with E-state index < -0.39 is 44.7 Å². The second kappa shape index (κ2) is 27.8. The summed E-state index contributed by atoms with van der Waals surface area (Å²) in [5, 5.41) is 3.85. The Hall–Kier alpha value is -4.01. The van der Waals surface area contributed by atoms with Gasteiger partial charge in [-0.05, 0) is 76.7 Å². The second-order valence-corrected chi connectivity index (χ2v) is 16.6. The van der Waals surface area contributed by atoms with Gasteiger partial charge in [0.05, 0.1) is 52.8 Å². The van der Waals surface area contributed by atoms with Gasteiger partial charge in [0, 0.05) is 50.1 Å². The van der Waals surface area contributed by atoms with Crippen molar-refractivity contribution in [3.63, 3.8) is 0 Å². The number of carbonyl (C=O) groups is 6. The number of nitrogens with one attached hydrogen (secondary N) is 2. The molecule has 1 aliphatic heterocycles. The number of hydrogen-bond donors (Lipinski definition) is 3. The number of ether oxygens (including phenoxy) is 6. The maximum absolute atomic E-state index is 13.1. The Kier molecular flexibility index (Phi) is 23.3. The molecule has 338 valence electrons. The van der Waals surface area contributed by atoms with E-state index in [9.17, 15) is 41.7 Å². The summed E-state index contributed by atoms with van der Waals surface area (Å²) in [5.41, 5.74) is -0.681. The van der Waals surface area contributed by atoms with Crippen molar-refractivity contribution in [3.8, 4) is 0 Å². The van der Waals surface area contributed by atoms with E-state index in [-0.39, 0.29) is 122 Å². The molecule has 19 heteroatoms. The fourth-order valence-corrected chi connectivity index (χ4v) is 7.55. The highest BCUT2D eigenvalue weighted by molar-refractivity contribution is 7.87. The van der Waals surface area contributed by atoms with Crippen LogP contribution in [0.2, 0.25) is 0 Å². The summed E-state index contributed by atoms with van der Waals surface area (Å²) >= 11 is 0. The topological polar surface area (TPSA) is 239 Å². The lowest BCUT2D eigenvalue weighted by molar-refractivity contribution is -0.150. The largest absolute Gasteiger partial charge is 0.462 e. The van der Waals surface area contributed by atoms with Crippen LogP contribution >= 0.6 is 0 Å². The van der Waals surface area contributed by atoms with Crippen LogP contribution in [0.15, 0.2) is 36.5 Å². The number of allylic oxidation sites excluding steroid dienone is 3. The quantitative estimate of drug-likeness (QED) is 0.0353. The average Bonchev–Trinajstić information content (AvgIpc) is 3.50. The molecule has 3 N–H and O–H groups in total. The molecule has 0 aromatic carbocycles. The predicted molar refractivity (Wildman–Crippen MR) is 217 cm³/mol. The van der Waals surface area contributed by atoms with Crippen LogP contribution in [0.25, 0.3) is 0 Å². The van der Waals surface area contributed by atoms with E-state index in [4.69, 9.17) is 28.4 Å². The fraction of sp³-hybridized carbons (Fsp3) is 0.707. The minimum absolute atomic E-state index is 0.130. The van der Waals surface area contributed by atoms with Gasteiger partial charge in [-0.3, -0.25) is 33.4 Å². The number of ketones is 1. The monoisotopic (exact) mass is 869 g/mol. The standard InChI is InChI=1S/C41H63N3O15S/c1-41(19-8-7-12-33(18-20-41)59-40(50)43-22-26-56-30-31-57-27-23-44-36(46)15-16-37(44)47)39(49)42-21-25-55-29-28-54-24-9-13-34(45)35(60(51,52)53)14-17-38(48)58-32-10-5-3-2-4-6-11-32/h2-3,7,12,15-16,32-33,35H,4-6,8-11,13-14,17-31H2,1H3,(H,42,49)(H,43,50)(H,51,52,53)/b3-2+,12-7+/t32-,33+,35?,41-/m0/s1. The first kappa shape index (κ1) is 50.3. The summed E-state index contributed by atoms with van der Waals surface area (Å²) in [6, 6.07) is 0. The van der Waals surface area contributed by atoms with Gasteiger partial charge in [0.2, 0.25) is 5.91 Å². The molecule has 1 heterocycles. The van der Waals surface area contributed by atoms with Gasteiger partial charge < -0.3 is 39.1 Å². The highest BCUT2D eigenvalue weighted by Crippen LogP contribution is 2.33. The zero-order valence-corrected chi connectivity index (χ0v) is 35.5. The normalized spacial score (nSPS) is 22.5. The van der Waals surface area contributed by atoms with Gasteiger partial charge in [-0.1, -0.05) is 25.2 Å². The summed E-state index contributed by atoms with van der Waals surface area (Å²) in [5.74, 6) is -2.13. The molecule has 0 saturated carbocycles. The van der Waals surface area contributed by atoms with Crippen molar-refractivity contribution in [2.75, 3.05) is 72.5 Å². The first-order valence-electron chi connectivity index (χ1n) is 20.9. The number of alkyl carbamates (subject to hydrolysis) is 1. The van der Waals surface area contributed by atoms with E-state index in [2.05, 4.69) is 16.7 Å². The Balaban J connectivity index is 1.19. The van der Waals surface area contributed by atoms with E-state index in [1.807, 2.05) is 25.2 Å². The zero-order valence-electron chi connectivity index (χ0n) is 34.7. The van der Waals surface area contributed by atoms with Crippen LogP contribution in [0, 0.1) is 5.41 Å². The van der Waals surface area contributed by atoms with Crippen molar-refractivity contribution in [1.29, 1.82) is 0 Å². The van der Waals surface area contributed by atoms with E-state index in [1.165, 1.54) is 12.2 Å². The number of rotatable bonds is 27. The Morgan fingerprint density at radius 1 is 0.783 bits per heavy atom. The van der Waals surface area contributed by atoms with Crippen molar-refractivity contribution in [2.45, 2.75) is 108 Å². The fourth-order valence-electron chi connectivity index (χ4n) is 6.69. The summed E-state index contributed by atoms with van der Waals surface area (Å²) in [6.45, 7) is 4.32. The van der Waals surface area contributed by atoms with Gasteiger partial charge in [0.25, 0.3) is 21.9 Å². The van der Waals surface area contributed by atoms with E-state index >= 15 is 0 Å². The third-order valence-corrected chi connectivity index (χ3v) is 11.4. The number of imide groups is 1. The Labute approximate surface area is 352 Å². The average molecular weight is 870 g/mol.